The molecular weight excluding hydrogens is 713 g/mol. The van der Waals surface area contributed by atoms with Crippen molar-refractivity contribution >= 4 is 57.1 Å². The number of hydrogen-bond acceptors (Lipinski definition) is 10. The van der Waals surface area contributed by atoms with Gasteiger partial charge in [0.2, 0.25) is 0 Å². The second kappa shape index (κ2) is 15.6. The first-order chi connectivity index (χ1) is 23.7. The molecule has 14 nitrogen and oxygen atoms in total. The molecule has 4 aliphatic rings. The molecule has 10 atom stereocenters. The van der Waals surface area contributed by atoms with Crippen molar-refractivity contribution in [1.82, 2.24) is 10.6 Å². The summed E-state index contributed by atoms with van der Waals surface area (Å²) in [4.78, 5) is 51.9. The highest BCUT2D eigenvalue weighted by molar-refractivity contribution is 7.86. The summed E-state index contributed by atoms with van der Waals surface area (Å²) in [6, 6.07) is 11.4. The van der Waals surface area contributed by atoms with E-state index in [0.717, 1.165) is 19.1 Å². The number of fused-ring (bicyclic) bond motifs is 2. The topological polar surface area (TPSA) is 203 Å². The number of rotatable bonds is 11. The molecule has 50 heavy (non-hydrogen) atoms. The minimum absolute atomic E-state index is 0.00786. The zero-order valence-electron chi connectivity index (χ0n) is 27.4. The normalized spacial score (nSPS) is 28.2. The van der Waals surface area contributed by atoms with Crippen LogP contribution in [0.3, 0.4) is 0 Å². The summed E-state index contributed by atoms with van der Waals surface area (Å²) in [5.41, 5.74) is 9.34. The van der Waals surface area contributed by atoms with Crippen LogP contribution in [0.1, 0.15) is 46.4 Å². The molecule has 4 aliphatic carbocycles. The number of nitrogens with one attached hydrogen (secondary N) is 2. The quantitative estimate of drug-likeness (QED) is 0.109. The molecule has 0 bridgehead atoms. The summed E-state index contributed by atoms with van der Waals surface area (Å²) in [5.74, 6) is -0.858. The van der Waals surface area contributed by atoms with Crippen molar-refractivity contribution < 1.29 is 41.3 Å². The molecule has 0 aromatic heterocycles. The monoisotopic (exact) mass is 749 g/mol. The van der Waals surface area contributed by atoms with Crippen LogP contribution in [0.15, 0.2) is 53.6 Å². The Hall–Kier alpha value is -3.88. The second-order valence-corrected chi connectivity index (χ2v) is 15.5. The Morgan fingerprint density at radius 1 is 0.760 bits per heavy atom. The molecule has 2 N–H and O–H groups in total. The van der Waals surface area contributed by atoms with Crippen molar-refractivity contribution in [3.63, 3.8) is 0 Å². The maximum absolute atomic E-state index is 12.4. The van der Waals surface area contributed by atoms with E-state index >= 15 is 0 Å². The van der Waals surface area contributed by atoms with Crippen molar-refractivity contribution in [2.75, 3.05) is 20.5 Å². The molecule has 4 fully saturated rings. The van der Waals surface area contributed by atoms with E-state index in [1.54, 1.807) is 48.5 Å². The molecule has 2 amide bonds. The summed E-state index contributed by atoms with van der Waals surface area (Å²) in [7, 11) is -0.914. The molecule has 0 heterocycles. The van der Waals surface area contributed by atoms with Crippen molar-refractivity contribution in [3.05, 3.63) is 80.1 Å². The van der Waals surface area contributed by atoms with E-state index in [0.29, 0.717) is 34.0 Å². The number of benzene rings is 2. The summed E-state index contributed by atoms with van der Waals surface area (Å²) in [6.45, 7) is 0. The zero-order valence-corrected chi connectivity index (χ0v) is 29.7. The Bertz CT molecular complexity index is 1750. The minimum atomic E-state index is -3.50. The molecule has 0 saturated heterocycles. The Morgan fingerprint density at radius 2 is 1.14 bits per heavy atom. The van der Waals surface area contributed by atoms with Crippen molar-refractivity contribution in [1.29, 1.82) is 0 Å². The van der Waals surface area contributed by atoms with Gasteiger partial charge in [-0.25, -0.2) is 9.59 Å². The van der Waals surface area contributed by atoms with Crippen LogP contribution in [0.2, 0.25) is 10.0 Å². The maximum atomic E-state index is 12.4. The molecule has 0 spiro atoms. The lowest BCUT2D eigenvalue weighted by Crippen LogP contribution is -2.44. The smallest absolute Gasteiger partial charge is 0.328 e. The standard InChI is InChI=1S/C17H20ClNO6S.C16H17ClN4O3/c1-24-17(21)15(19-16(20)9-3-5-10(18)6-4-9)14-12-7-11(8-13(12)14)25-26(2,22)23;1-24-16(23)14(13-11-6-10(20-21-18)7-12(11)13)19-15(22)8-2-4-9(17)5-3-8/h3-6,11-15H,7-8H2,1-2H3,(H,19,20);2-5,10-14H,6-7H2,1H3,(H,19,22)/t11?,12-,13+,14?,15?;10?,11-,12+,13?,14?. The highest BCUT2D eigenvalue weighted by Crippen LogP contribution is 2.60. The Balaban J connectivity index is 0.000000195. The van der Waals surface area contributed by atoms with Gasteiger partial charge in [0, 0.05) is 32.1 Å². The van der Waals surface area contributed by atoms with Crippen LogP contribution in [0.5, 0.6) is 0 Å². The molecule has 0 aliphatic heterocycles. The highest BCUT2D eigenvalue weighted by atomic mass is 35.5. The molecule has 0 radical (unpaired) electrons. The first-order valence-corrected chi connectivity index (χ1v) is 18.5. The number of methoxy groups -OCH3 is 2. The summed E-state index contributed by atoms with van der Waals surface area (Å²) in [6.07, 6.45) is 3.27. The van der Waals surface area contributed by atoms with Gasteiger partial charge in [-0.3, -0.25) is 13.8 Å². The van der Waals surface area contributed by atoms with E-state index in [4.69, 9.17) is 42.4 Å². The fraction of sp³-hybridized carbons (Fsp3) is 0.515. The van der Waals surface area contributed by atoms with Crippen LogP contribution >= 0.6 is 23.2 Å². The number of azide groups is 1. The minimum Gasteiger partial charge on any atom is -0.467 e. The predicted octanol–water partition coefficient (Wildman–Crippen LogP) is 4.56. The molecule has 2 aromatic carbocycles. The van der Waals surface area contributed by atoms with Crippen molar-refractivity contribution in [2.45, 2.75) is 49.9 Å². The largest absolute Gasteiger partial charge is 0.467 e. The first-order valence-electron chi connectivity index (χ1n) is 16.0. The number of hydrogen-bond donors (Lipinski definition) is 2. The molecule has 4 saturated carbocycles. The Kier molecular flexibility index (Phi) is 11.6. The predicted molar refractivity (Wildman–Crippen MR) is 182 cm³/mol. The number of esters is 2. The third-order valence-electron chi connectivity index (χ3n) is 9.95. The van der Waals surface area contributed by atoms with Gasteiger partial charge in [0.1, 0.15) is 12.1 Å². The van der Waals surface area contributed by atoms with Gasteiger partial charge in [0.05, 0.1) is 26.6 Å². The second-order valence-electron chi connectivity index (χ2n) is 13.0. The van der Waals surface area contributed by atoms with E-state index in [1.807, 2.05) is 0 Å². The third kappa shape index (κ3) is 8.88. The Labute approximate surface area is 299 Å². The molecule has 17 heteroatoms. The fourth-order valence-corrected chi connectivity index (χ4v) is 8.62. The molecular formula is C33H37Cl2N5O9S. The van der Waals surface area contributed by atoms with Crippen LogP contribution < -0.4 is 10.6 Å². The van der Waals surface area contributed by atoms with Gasteiger partial charge in [-0.05, 0) is 115 Å². The molecule has 6 unspecified atom stereocenters. The van der Waals surface area contributed by atoms with E-state index < -0.39 is 34.1 Å². The number of nitrogens with zero attached hydrogens (tertiary/aromatic N) is 3. The van der Waals surface area contributed by atoms with Crippen molar-refractivity contribution in [3.8, 4) is 0 Å². The van der Waals surface area contributed by atoms with Gasteiger partial charge < -0.3 is 20.1 Å². The number of carbonyl (C=O) groups is 4. The van der Waals surface area contributed by atoms with Crippen LogP contribution in [0, 0.1) is 35.5 Å². The van der Waals surface area contributed by atoms with Gasteiger partial charge in [-0.1, -0.05) is 28.3 Å². The fourth-order valence-electron chi connectivity index (χ4n) is 7.72. The van der Waals surface area contributed by atoms with Gasteiger partial charge >= 0.3 is 11.9 Å². The van der Waals surface area contributed by atoms with E-state index in [9.17, 15) is 27.6 Å². The molecule has 268 valence electrons. The van der Waals surface area contributed by atoms with Gasteiger partial charge in [0.25, 0.3) is 21.9 Å². The van der Waals surface area contributed by atoms with Crippen molar-refractivity contribution in [2.24, 2.45) is 40.6 Å². The lowest BCUT2D eigenvalue weighted by atomic mass is 10.0. The van der Waals surface area contributed by atoms with Crippen LogP contribution in [-0.4, -0.2) is 76.9 Å². The van der Waals surface area contributed by atoms with Crippen LogP contribution in [0.25, 0.3) is 10.4 Å². The Morgan fingerprint density at radius 3 is 1.48 bits per heavy atom. The van der Waals surface area contributed by atoms with Gasteiger partial charge in [0.15, 0.2) is 0 Å². The van der Waals surface area contributed by atoms with Crippen LogP contribution in [-0.2, 0) is 33.4 Å². The van der Waals surface area contributed by atoms with Gasteiger partial charge in [-0.15, -0.1) is 0 Å². The number of carbonyl (C=O) groups excluding carboxylic acids is 4. The lowest BCUT2D eigenvalue weighted by Gasteiger charge is -2.20. The average molecular weight is 751 g/mol. The SMILES string of the molecule is COC(=O)C(NC(=O)c1ccc(Cl)cc1)C1[C@H]2CC(N=[N+]=[N-])C[C@@H]12.COC(=O)C(NC(=O)c1ccc(Cl)cc1)C1[C@H]2CC(OS(C)(=O)=O)C[C@@H]12. The number of ether oxygens (including phenoxy) is 2. The van der Waals surface area contributed by atoms with Gasteiger partial charge in [-0.2, -0.15) is 8.42 Å². The molecule has 6 rings (SSSR count). The number of halogens is 2. The van der Waals surface area contributed by atoms with E-state index in [2.05, 4.69) is 20.7 Å². The first kappa shape index (κ1) is 37.4. The summed E-state index contributed by atoms with van der Waals surface area (Å²) < 4.78 is 37.2. The average Bonchev–Trinajstić information content (AvgIpc) is 3.78. The zero-order chi connectivity index (χ0) is 36.3. The summed E-state index contributed by atoms with van der Waals surface area (Å²) in [5, 5.41) is 10.3. The lowest BCUT2D eigenvalue weighted by molar-refractivity contribution is -0.144. The van der Waals surface area contributed by atoms with Crippen LogP contribution in [0.4, 0.5) is 0 Å². The number of amides is 2. The molecule has 2 aromatic rings. The third-order valence-corrected chi connectivity index (χ3v) is 11.1. The highest BCUT2D eigenvalue weighted by Gasteiger charge is 2.62. The maximum Gasteiger partial charge on any atom is 0.328 e. The van der Waals surface area contributed by atoms with E-state index in [1.165, 1.54) is 14.2 Å². The van der Waals surface area contributed by atoms with E-state index in [-0.39, 0.29) is 59.5 Å². The summed E-state index contributed by atoms with van der Waals surface area (Å²) >= 11 is 11.6.